The zero-order valence-electron chi connectivity index (χ0n) is 16.4. The van der Waals surface area contributed by atoms with Crippen molar-refractivity contribution in [2.24, 2.45) is 17.6 Å². The summed E-state index contributed by atoms with van der Waals surface area (Å²) >= 11 is 0. The average molecular weight is 362 g/mol. The summed E-state index contributed by atoms with van der Waals surface area (Å²) in [5.74, 6) is -0.0435. The van der Waals surface area contributed by atoms with E-state index < -0.39 is 6.10 Å². The van der Waals surface area contributed by atoms with E-state index in [0.717, 1.165) is 25.1 Å². The highest BCUT2D eigenvalue weighted by Crippen LogP contribution is 2.21. The Hall–Kier alpha value is -1.85. The van der Waals surface area contributed by atoms with Crippen LogP contribution in [0.4, 0.5) is 0 Å². The van der Waals surface area contributed by atoms with E-state index in [0.29, 0.717) is 13.0 Å². The van der Waals surface area contributed by atoms with E-state index in [1.807, 2.05) is 25.1 Å². The predicted octanol–water partition coefficient (Wildman–Crippen LogP) is 2.56. The summed E-state index contributed by atoms with van der Waals surface area (Å²) in [5.41, 5.74) is 7.72. The van der Waals surface area contributed by atoms with Crippen molar-refractivity contribution in [3.8, 4) is 0 Å². The third-order valence-electron chi connectivity index (χ3n) is 4.73. The number of benzene rings is 1. The van der Waals surface area contributed by atoms with Crippen molar-refractivity contribution in [2.45, 2.75) is 52.7 Å². The molecule has 1 rings (SSSR count). The lowest BCUT2D eigenvalue weighted by molar-refractivity contribution is -0.127. The molecule has 5 heteroatoms. The molecular weight excluding hydrogens is 326 g/mol. The molecular formula is C21H35N3O2. The maximum atomic E-state index is 12.7. The van der Waals surface area contributed by atoms with Crippen LogP contribution < -0.4 is 16.4 Å². The van der Waals surface area contributed by atoms with Gasteiger partial charge in [0, 0.05) is 24.7 Å². The lowest BCUT2D eigenvalue weighted by Crippen LogP contribution is -2.39. The highest BCUT2D eigenvalue weighted by molar-refractivity contribution is 5.79. The van der Waals surface area contributed by atoms with Crippen LogP contribution in [-0.2, 0) is 11.3 Å². The summed E-state index contributed by atoms with van der Waals surface area (Å²) in [6, 6.07) is 10.2. The summed E-state index contributed by atoms with van der Waals surface area (Å²) in [6.07, 6.45) is 3.65. The Bertz CT molecular complexity index is 545. The maximum Gasteiger partial charge on any atom is 0.223 e. The van der Waals surface area contributed by atoms with E-state index in [2.05, 4.69) is 42.7 Å². The molecule has 1 aromatic carbocycles. The smallest absolute Gasteiger partial charge is 0.223 e. The third-order valence-corrected chi connectivity index (χ3v) is 4.73. The van der Waals surface area contributed by atoms with Gasteiger partial charge in [0.1, 0.15) is 0 Å². The summed E-state index contributed by atoms with van der Waals surface area (Å²) < 4.78 is 0. The van der Waals surface area contributed by atoms with Crippen molar-refractivity contribution < 1.29 is 9.90 Å². The third kappa shape index (κ3) is 8.02. The monoisotopic (exact) mass is 361 g/mol. The molecule has 0 aliphatic carbocycles. The average Bonchev–Trinajstić information content (AvgIpc) is 2.67. The Balaban J connectivity index is 2.61. The number of aliphatic hydroxyl groups is 1. The lowest BCUT2D eigenvalue weighted by Gasteiger charge is -2.24. The second-order valence-corrected chi connectivity index (χ2v) is 6.81. The topological polar surface area (TPSA) is 87.4 Å². The molecule has 3 atom stereocenters. The summed E-state index contributed by atoms with van der Waals surface area (Å²) in [5, 5.41) is 16.3. The fourth-order valence-electron chi connectivity index (χ4n) is 2.85. The van der Waals surface area contributed by atoms with Gasteiger partial charge in [-0.1, -0.05) is 63.6 Å². The lowest BCUT2D eigenvalue weighted by atomic mass is 9.86. The Labute approximate surface area is 158 Å². The number of nitrogens with one attached hydrogen (secondary N) is 2. The summed E-state index contributed by atoms with van der Waals surface area (Å²) in [6.45, 7) is 7.55. The van der Waals surface area contributed by atoms with Crippen molar-refractivity contribution in [3.05, 3.63) is 47.7 Å². The second kappa shape index (κ2) is 12.5. The van der Waals surface area contributed by atoms with Crippen molar-refractivity contribution in [2.75, 3.05) is 13.1 Å². The zero-order valence-corrected chi connectivity index (χ0v) is 16.4. The van der Waals surface area contributed by atoms with Crippen LogP contribution in [0.5, 0.6) is 0 Å². The number of hydrogen-bond acceptors (Lipinski definition) is 4. The van der Waals surface area contributed by atoms with Crippen LogP contribution in [0, 0.1) is 11.8 Å². The first-order chi connectivity index (χ1) is 12.5. The highest BCUT2D eigenvalue weighted by Gasteiger charge is 2.26. The van der Waals surface area contributed by atoms with E-state index in [1.165, 1.54) is 5.56 Å². The number of amides is 1. The van der Waals surface area contributed by atoms with Crippen molar-refractivity contribution in [3.63, 3.8) is 0 Å². The van der Waals surface area contributed by atoms with Gasteiger partial charge < -0.3 is 21.5 Å². The van der Waals surface area contributed by atoms with Gasteiger partial charge in [0.2, 0.25) is 5.91 Å². The van der Waals surface area contributed by atoms with Gasteiger partial charge in [-0.3, -0.25) is 4.79 Å². The van der Waals surface area contributed by atoms with Crippen LogP contribution in [0.1, 0.15) is 45.6 Å². The first-order valence-electron chi connectivity index (χ1n) is 9.64. The van der Waals surface area contributed by atoms with Crippen LogP contribution in [-0.4, -0.2) is 30.2 Å². The normalized spacial score (nSPS) is 15.2. The molecule has 3 unspecified atom stereocenters. The molecule has 1 amide bonds. The van der Waals surface area contributed by atoms with Crippen LogP contribution in [0.3, 0.4) is 0 Å². The second-order valence-electron chi connectivity index (χ2n) is 6.81. The number of allylic oxidation sites excluding steroid dienone is 1. The molecule has 0 bridgehead atoms. The van der Waals surface area contributed by atoms with E-state index in [9.17, 15) is 9.90 Å². The zero-order chi connectivity index (χ0) is 19.4. The molecule has 0 saturated heterocycles. The predicted molar refractivity (Wildman–Crippen MR) is 107 cm³/mol. The van der Waals surface area contributed by atoms with E-state index in [4.69, 9.17) is 5.73 Å². The van der Waals surface area contributed by atoms with Crippen LogP contribution in [0.2, 0.25) is 0 Å². The Morgan fingerprint density at radius 2 is 1.92 bits per heavy atom. The van der Waals surface area contributed by atoms with Crippen LogP contribution in [0.25, 0.3) is 0 Å². The number of carbonyl (C=O) groups excluding carboxylic acids is 1. The molecule has 0 aliphatic heterocycles. The molecule has 26 heavy (non-hydrogen) atoms. The maximum absolute atomic E-state index is 12.7. The van der Waals surface area contributed by atoms with Crippen molar-refractivity contribution in [1.82, 2.24) is 10.6 Å². The fraction of sp³-hybridized carbons (Fsp3) is 0.571. The first kappa shape index (κ1) is 22.2. The van der Waals surface area contributed by atoms with Gasteiger partial charge in [-0.15, -0.1) is 0 Å². The first-order valence-corrected chi connectivity index (χ1v) is 9.64. The van der Waals surface area contributed by atoms with Gasteiger partial charge in [-0.25, -0.2) is 0 Å². The minimum atomic E-state index is -0.637. The molecule has 1 aromatic rings. The molecule has 0 spiro atoms. The van der Waals surface area contributed by atoms with Gasteiger partial charge >= 0.3 is 0 Å². The van der Waals surface area contributed by atoms with Gasteiger partial charge in [0.05, 0.1) is 12.6 Å². The molecule has 146 valence electrons. The van der Waals surface area contributed by atoms with E-state index in [1.54, 1.807) is 0 Å². The molecule has 0 radical (unpaired) electrons. The number of rotatable bonds is 12. The van der Waals surface area contributed by atoms with Crippen molar-refractivity contribution in [1.29, 1.82) is 0 Å². The standard InChI is InChI=1S/C21H35N3O2/c1-4-9-18(23-14-17-10-7-6-8-11-17)15-24-21(26)20(16(3)5-2)12-19(25)13-22/h6-11,16,19-20,23,25H,4-5,12-15,22H2,1-3H3,(H,24,26)/b18-9+. The Morgan fingerprint density at radius 1 is 1.23 bits per heavy atom. The number of aliphatic hydroxyl groups excluding tert-OH is 1. The molecule has 0 fully saturated rings. The van der Waals surface area contributed by atoms with Gasteiger partial charge in [0.15, 0.2) is 0 Å². The molecule has 5 nitrogen and oxygen atoms in total. The molecule has 0 aromatic heterocycles. The SMILES string of the molecule is CC/C=C(\CNC(=O)C(CC(O)CN)C(C)CC)NCc1ccccc1. The van der Waals surface area contributed by atoms with Gasteiger partial charge in [-0.05, 0) is 24.3 Å². The number of nitrogens with two attached hydrogens (primary N) is 1. The Kier molecular flexibility index (Phi) is 10.7. The molecule has 0 saturated carbocycles. The number of carbonyl (C=O) groups is 1. The Morgan fingerprint density at radius 3 is 2.50 bits per heavy atom. The minimum absolute atomic E-state index is 0.0182. The summed E-state index contributed by atoms with van der Waals surface area (Å²) in [7, 11) is 0. The molecule has 0 aliphatic rings. The van der Waals surface area contributed by atoms with Crippen molar-refractivity contribution >= 4 is 5.91 Å². The minimum Gasteiger partial charge on any atom is -0.392 e. The number of hydrogen-bond donors (Lipinski definition) is 4. The van der Waals surface area contributed by atoms with Gasteiger partial charge in [0.25, 0.3) is 0 Å². The molecule has 5 N–H and O–H groups in total. The van der Waals surface area contributed by atoms with Crippen LogP contribution >= 0.6 is 0 Å². The van der Waals surface area contributed by atoms with Crippen LogP contribution in [0.15, 0.2) is 42.1 Å². The fourth-order valence-corrected chi connectivity index (χ4v) is 2.85. The van der Waals surface area contributed by atoms with E-state index >= 15 is 0 Å². The quantitative estimate of drug-likeness (QED) is 0.461. The van der Waals surface area contributed by atoms with E-state index in [-0.39, 0.29) is 24.3 Å². The van der Waals surface area contributed by atoms with Gasteiger partial charge in [-0.2, -0.15) is 0 Å². The largest absolute Gasteiger partial charge is 0.392 e. The molecule has 0 heterocycles. The summed E-state index contributed by atoms with van der Waals surface area (Å²) in [4.78, 5) is 12.7. The highest BCUT2D eigenvalue weighted by atomic mass is 16.3.